The van der Waals surface area contributed by atoms with Gasteiger partial charge in [0.25, 0.3) is 0 Å². The molecule has 1 N–H and O–H groups in total. The van der Waals surface area contributed by atoms with Crippen molar-refractivity contribution < 1.29 is 8.42 Å². The maximum absolute atomic E-state index is 13.1. The molecule has 25 heavy (non-hydrogen) atoms. The molecular weight excluding hydrogens is 381 g/mol. The first-order valence-corrected chi connectivity index (χ1v) is 10.1. The minimum absolute atomic E-state index is 0.105. The number of hydrogen-bond acceptors (Lipinski definition) is 3. The highest BCUT2D eigenvalue weighted by atomic mass is 35.5. The fourth-order valence-corrected chi connectivity index (χ4v) is 5.63. The minimum atomic E-state index is -3.71. The van der Waals surface area contributed by atoms with E-state index in [0.717, 1.165) is 17.5 Å². The number of nitrogens with zero attached hydrogens (tertiary/aromatic N) is 2. The lowest BCUT2D eigenvalue weighted by molar-refractivity contribution is 0.385. The third-order valence-corrected chi connectivity index (χ3v) is 6.69. The molecule has 0 aliphatic carbocycles. The van der Waals surface area contributed by atoms with Crippen LogP contribution in [0.1, 0.15) is 24.7 Å². The molecule has 2 aromatic carbocycles. The quantitative estimate of drug-likeness (QED) is 0.714. The molecule has 1 fully saturated rings. The minimum Gasteiger partial charge on any atom is -0.341 e. The number of H-pyrrole nitrogens is 1. The van der Waals surface area contributed by atoms with Crippen molar-refractivity contribution in [2.45, 2.75) is 23.8 Å². The summed E-state index contributed by atoms with van der Waals surface area (Å²) in [6.07, 6.45) is 1.49. The predicted molar refractivity (Wildman–Crippen MR) is 98.4 cm³/mol. The van der Waals surface area contributed by atoms with E-state index in [4.69, 9.17) is 23.2 Å². The van der Waals surface area contributed by atoms with Gasteiger partial charge >= 0.3 is 0 Å². The van der Waals surface area contributed by atoms with Gasteiger partial charge in [0.05, 0.1) is 22.0 Å². The van der Waals surface area contributed by atoms with E-state index in [-0.39, 0.29) is 10.9 Å². The van der Waals surface area contributed by atoms with Gasteiger partial charge in [0.2, 0.25) is 10.0 Å². The Balaban J connectivity index is 1.75. The molecule has 4 rings (SSSR count). The Morgan fingerprint density at radius 2 is 1.84 bits per heavy atom. The molecule has 0 spiro atoms. The van der Waals surface area contributed by atoms with Crippen molar-refractivity contribution in [3.63, 3.8) is 0 Å². The van der Waals surface area contributed by atoms with E-state index >= 15 is 0 Å². The van der Waals surface area contributed by atoms with Gasteiger partial charge in [-0.15, -0.1) is 0 Å². The zero-order valence-corrected chi connectivity index (χ0v) is 15.4. The van der Waals surface area contributed by atoms with Crippen LogP contribution in [0.15, 0.2) is 47.4 Å². The Bertz CT molecular complexity index is 996. The lowest BCUT2D eigenvalue weighted by Gasteiger charge is -2.22. The van der Waals surface area contributed by atoms with Crippen LogP contribution in [-0.4, -0.2) is 29.2 Å². The summed E-state index contributed by atoms with van der Waals surface area (Å²) in [6.45, 7) is 0.439. The maximum Gasteiger partial charge on any atom is 0.243 e. The Morgan fingerprint density at radius 1 is 1.12 bits per heavy atom. The topological polar surface area (TPSA) is 66.1 Å². The summed E-state index contributed by atoms with van der Waals surface area (Å²) in [6, 6.07) is 11.7. The van der Waals surface area contributed by atoms with E-state index in [1.165, 1.54) is 22.5 Å². The van der Waals surface area contributed by atoms with Crippen molar-refractivity contribution in [3.8, 4) is 0 Å². The monoisotopic (exact) mass is 395 g/mol. The van der Waals surface area contributed by atoms with Crippen LogP contribution in [-0.2, 0) is 10.0 Å². The number of rotatable bonds is 3. The second-order valence-electron chi connectivity index (χ2n) is 6.02. The largest absolute Gasteiger partial charge is 0.341 e. The van der Waals surface area contributed by atoms with Crippen LogP contribution in [0.25, 0.3) is 11.0 Å². The number of halogens is 2. The van der Waals surface area contributed by atoms with E-state index in [1.807, 2.05) is 24.3 Å². The molecule has 1 aliphatic rings. The Hall–Kier alpha value is -1.60. The smallest absolute Gasteiger partial charge is 0.243 e. The summed E-state index contributed by atoms with van der Waals surface area (Å²) in [7, 11) is -3.71. The predicted octanol–water partition coefficient (Wildman–Crippen LogP) is 4.40. The molecule has 2 heterocycles. The van der Waals surface area contributed by atoms with Crippen LogP contribution in [0.5, 0.6) is 0 Å². The maximum atomic E-state index is 13.1. The van der Waals surface area contributed by atoms with E-state index in [1.54, 1.807) is 0 Å². The molecule has 1 aromatic heterocycles. The first-order chi connectivity index (χ1) is 11.9. The molecule has 1 atom stereocenters. The zero-order chi connectivity index (χ0) is 17.6. The number of fused-ring (bicyclic) bond motifs is 1. The SMILES string of the molecule is O=S(=O)(c1cc(Cl)cc(Cl)c1)N1CCC[C@@H]1c1nc2ccccc2[nH]1. The highest BCUT2D eigenvalue weighted by molar-refractivity contribution is 7.89. The highest BCUT2D eigenvalue weighted by Gasteiger charge is 2.38. The molecule has 0 bridgehead atoms. The molecule has 0 saturated carbocycles. The molecule has 5 nitrogen and oxygen atoms in total. The summed E-state index contributed by atoms with van der Waals surface area (Å²) in [5.41, 5.74) is 1.72. The van der Waals surface area contributed by atoms with Crippen molar-refractivity contribution in [1.82, 2.24) is 14.3 Å². The number of aromatic nitrogens is 2. The van der Waals surface area contributed by atoms with Crippen LogP contribution in [0, 0.1) is 0 Å². The average molecular weight is 396 g/mol. The number of benzene rings is 2. The third kappa shape index (κ3) is 3.04. The van der Waals surface area contributed by atoms with Gasteiger partial charge in [-0.1, -0.05) is 35.3 Å². The average Bonchev–Trinajstić information content (AvgIpc) is 3.20. The second kappa shape index (κ2) is 6.29. The lowest BCUT2D eigenvalue weighted by Crippen LogP contribution is -2.31. The van der Waals surface area contributed by atoms with Crippen molar-refractivity contribution in [3.05, 3.63) is 58.3 Å². The summed E-state index contributed by atoms with van der Waals surface area (Å²) < 4.78 is 27.7. The Labute approximate surface area is 155 Å². The van der Waals surface area contributed by atoms with Crippen molar-refractivity contribution in [2.24, 2.45) is 0 Å². The van der Waals surface area contributed by atoms with Gasteiger partial charge in [0.1, 0.15) is 5.82 Å². The van der Waals surface area contributed by atoms with Gasteiger partial charge in [-0.3, -0.25) is 0 Å². The number of aromatic amines is 1. The van der Waals surface area contributed by atoms with Crippen LogP contribution in [0.3, 0.4) is 0 Å². The van der Waals surface area contributed by atoms with Crippen molar-refractivity contribution in [1.29, 1.82) is 0 Å². The van der Waals surface area contributed by atoms with Gasteiger partial charge in [-0.05, 0) is 43.2 Å². The van der Waals surface area contributed by atoms with E-state index in [9.17, 15) is 8.42 Å². The number of hydrogen-bond donors (Lipinski definition) is 1. The standard InChI is InChI=1S/C17H15Cl2N3O2S/c18-11-8-12(19)10-13(9-11)25(23,24)22-7-3-6-16(22)17-20-14-4-1-2-5-15(14)21-17/h1-2,4-5,8-10,16H,3,6-7H2,(H,20,21)/t16-/m1/s1. The first-order valence-electron chi connectivity index (χ1n) is 7.88. The van der Waals surface area contributed by atoms with Crippen molar-refractivity contribution in [2.75, 3.05) is 6.54 Å². The van der Waals surface area contributed by atoms with Gasteiger partial charge < -0.3 is 4.98 Å². The van der Waals surface area contributed by atoms with E-state index in [2.05, 4.69) is 9.97 Å². The van der Waals surface area contributed by atoms with E-state index < -0.39 is 10.0 Å². The Morgan fingerprint density at radius 3 is 2.56 bits per heavy atom. The van der Waals surface area contributed by atoms with Crippen LogP contribution in [0.4, 0.5) is 0 Å². The number of imidazole rings is 1. The molecule has 1 saturated heterocycles. The summed E-state index contributed by atoms with van der Waals surface area (Å²) >= 11 is 12.0. The molecular formula is C17H15Cl2N3O2S. The fraction of sp³-hybridized carbons (Fsp3) is 0.235. The van der Waals surface area contributed by atoms with Gasteiger partial charge in [-0.25, -0.2) is 13.4 Å². The molecule has 8 heteroatoms. The molecule has 0 radical (unpaired) electrons. The summed E-state index contributed by atoms with van der Waals surface area (Å²) in [4.78, 5) is 7.92. The Kier molecular flexibility index (Phi) is 4.24. The molecule has 1 aliphatic heterocycles. The second-order valence-corrected chi connectivity index (χ2v) is 8.78. The molecule has 3 aromatic rings. The van der Waals surface area contributed by atoms with Crippen LogP contribution >= 0.6 is 23.2 Å². The normalized spacial score (nSPS) is 18.9. The van der Waals surface area contributed by atoms with Crippen molar-refractivity contribution >= 4 is 44.3 Å². The van der Waals surface area contributed by atoms with Gasteiger partial charge in [-0.2, -0.15) is 4.31 Å². The molecule has 0 unspecified atom stereocenters. The molecule has 0 amide bonds. The van der Waals surface area contributed by atoms with Gasteiger partial charge in [0, 0.05) is 16.6 Å². The van der Waals surface area contributed by atoms with Crippen LogP contribution in [0.2, 0.25) is 10.0 Å². The van der Waals surface area contributed by atoms with Gasteiger partial charge in [0.15, 0.2) is 0 Å². The zero-order valence-electron chi connectivity index (χ0n) is 13.1. The molecule has 130 valence electrons. The first kappa shape index (κ1) is 16.8. The summed E-state index contributed by atoms with van der Waals surface area (Å²) in [5, 5.41) is 0.594. The number of para-hydroxylation sites is 2. The number of nitrogens with one attached hydrogen (secondary N) is 1. The third-order valence-electron chi connectivity index (χ3n) is 4.37. The highest BCUT2D eigenvalue weighted by Crippen LogP contribution is 2.37. The fourth-order valence-electron chi connectivity index (χ4n) is 3.24. The number of sulfonamides is 1. The lowest BCUT2D eigenvalue weighted by atomic mass is 10.2. The summed E-state index contributed by atoms with van der Waals surface area (Å²) in [5.74, 6) is 0.662. The van der Waals surface area contributed by atoms with E-state index in [0.29, 0.717) is 28.8 Å². The van der Waals surface area contributed by atoms with Crippen LogP contribution < -0.4 is 0 Å².